The Morgan fingerprint density at radius 1 is 1.23 bits per heavy atom. The number of rotatable bonds is 4. The molecule has 11 heteroatoms. The Morgan fingerprint density at radius 2 is 2.07 bits per heavy atom. The van der Waals surface area contributed by atoms with E-state index in [0.29, 0.717) is 17.0 Å². The predicted molar refractivity (Wildman–Crippen MR) is 100 cm³/mol. The minimum absolute atomic E-state index is 0.123. The summed E-state index contributed by atoms with van der Waals surface area (Å²) in [7, 11) is 0. The van der Waals surface area contributed by atoms with Crippen molar-refractivity contribution in [2.45, 2.75) is 31.6 Å². The number of fused-ring (bicyclic) bond motifs is 1. The fraction of sp³-hybridized carbons (Fsp3) is 0.263. The van der Waals surface area contributed by atoms with Gasteiger partial charge in [-0.15, -0.1) is 0 Å². The van der Waals surface area contributed by atoms with E-state index in [9.17, 15) is 13.6 Å². The second-order valence-electron chi connectivity index (χ2n) is 7.13. The van der Waals surface area contributed by atoms with Crippen molar-refractivity contribution in [3.8, 4) is 11.5 Å². The van der Waals surface area contributed by atoms with Crippen molar-refractivity contribution in [3.05, 3.63) is 54.1 Å². The van der Waals surface area contributed by atoms with Crippen LogP contribution in [0.1, 0.15) is 40.8 Å². The summed E-state index contributed by atoms with van der Waals surface area (Å²) in [5.41, 5.74) is 1.73. The quantitative estimate of drug-likeness (QED) is 0.549. The van der Waals surface area contributed by atoms with Crippen molar-refractivity contribution in [2.75, 3.05) is 5.32 Å². The van der Waals surface area contributed by atoms with E-state index in [-0.39, 0.29) is 36.1 Å². The molecule has 4 aromatic heterocycles. The highest BCUT2D eigenvalue weighted by Crippen LogP contribution is 2.47. The second kappa shape index (κ2) is 6.65. The van der Waals surface area contributed by atoms with E-state index in [2.05, 4.69) is 30.4 Å². The molecule has 0 aliphatic heterocycles. The number of carbonyl (C=O) groups is 1. The lowest BCUT2D eigenvalue weighted by molar-refractivity contribution is -0.0925. The van der Waals surface area contributed by atoms with E-state index in [4.69, 9.17) is 4.52 Å². The summed E-state index contributed by atoms with van der Waals surface area (Å²) >= 11 is 0. The molecule has 0 aromatic carbocycles. The molecule has 0 saturated heterocycles. The SMILES string of the molecule is Cc1ncc(-c2noc(C3CC(F)(F)C3)n2)nc1NC(=O)c1cnc2ccccn12. The van der Waals surface area contributed by atoms with Crippen LogP contribution in [0, 0.1) is 6.92 Å². The van der Waals surface area contributed by atoms with Crippen LogP contribution in [0.4, 0.5) is 14.6 Å². The van der Waals surface area contributed by atoms with Gasteiger partial charge >= 0.3 is 0 Å². The molecule has 9 nitrogen and oxygen atoms in total. The number of anilines is 1. The van der Waals surface area contributed by atoms with Crippen molar-refractivity contribution in [1.29, 1.82) is 0 Å². The predicted octanol–water partition coefficient (Wildman–Crippen LogP) is 3.25. The smallest absolute Gasteiger partial charge is 0.275 e. The molecule has 5 rings (SSSR count). The largest absolute Gasteiger partial charge is 0.339 e. The molecule has 0 unspecified atom stereocenters. The zero-order valence-corrected chi connectivity index (χ0v) is 15.7. The van der Waals surface area contributed by atoms with Gasteiger partial charge in [-0.1, -0.05) is 11.2 Å². The van der Waals surface area contributed by atoms with Crippen molar-refractivity contribution < 1.29 is 18.1 Å². The number of carbonyl (C=O) groups excluding carboxylic acids is 1. The van der Waals surface area contributed by atoms with Crippen LogP contribution in [0.2, 0.25) is 0 Å². The van der Waals surface area contributed by atoms with Gasteiger partial charge in [-0.2, -0.15) is 4.98 Å². The maximum Gasteiger partial charge on any atom is 0.275 e. The molecule has 1 N–H and O–H groups in total. The van der Waals surface area contributed by atoms with Gasteiger partial charge in [0.2, 0.25) is 17.6 Å². The number of hydrogen-bond donors (Lipinski definition) is 1. The van der Waals surface area contributed by atoms with Crippen molar-refractivity contribution in [3.63, 3.8) is 0 Å². The molecule has 1 aliphatic carbocycles. The molecule has 1 fully saturated rings. The summed E-state index contributed by atoms with van der Waals surface area (Å²) in [4.78, 5) is 29.7. The van der Waals surface area contributed by atoms with Gasteiger partial charge in [-0.25, -0.2) is 18.7 Å². The Bertz CT molecular complexity index is 1260. The summed E-state index contributed by atoms with van der Waals surface area (Å²) in [6.45, 7) is 1.69. The molecule has 1 aliphatic rings. The maximum absolute atomic E-state index is 13.1. The molecule has 1 amide bonds. The van der Waals surface area contributed by atoms with Crippen molar-refractivity contribution >= 4 is 17.4 Å². The average Bonchev–Trinajstić information content (AvgIpc) is 3.35. The number of halogens is 2. The third-order valence-corrected chi connectivity index (χ3v) is 4.95. The Labute approximate surface area is 168 Å². The number of pyridine rings is 1. The lowest BCUT2D eigenvalue weighted by Crippen LogP contribution is -2.33. The molecular formula is C19H15F2N7O2. The van der Waals surface area contributed by atoms with E-state index >= 15 is 0 Å². The number of aromatic nitrogens is 6. The van der Waals surface area contributed by atoms with Crippen LogP contribution < -0.4 is 5.32 Å². The van der Waals surface area contributed by atoms with Gasteiger partial charge in [0.15, 0.2) is 5.82 Å². The number of hydrogen-bond acceptors (Lipinski definition) is 7. The minimum Gasteiger partial charge on any atom is -0.339 e. The summed E-state index contributed by atoms with van der Waals surface area (Å²) in [5.74, 6) is -3.06. The maximum atomic E-state index is 13.1. The second-order valence-corrected chi connectivity index (χ2v) is 7.13. The van der Waals surface area contributed by atoms with E-state index in [0.717, 1.165) is 0 Å². The monoisotopic (exact) mass is 411 g/mol. The van der Waals surface area contributed by atoms with Gasteiger partial charge in [0.05, 0.1) is 18.1 Å². The molecule has 4 heterocycles. The number of nitrogens with zero attached hydrogens (tertiary/aromatic N) is 6. The highest BCUT2D eigenvalue weighted by Gasteiger charge is 2.48. The summed E-state index contributed by atoms with van der Waals surface area (Å²) in [6.07, 6.45) is 4.01. The van der Waals surface area contributed by atoms with Crippen LogP contribution in [0.5, 0.6) is 0 Å². The van der Waals surface area contributed by atoms with E-state index < -0.39 is 17.7 Å². The summed E-state index contributed by atoms with van der Waals surface area (Å²) in [6, 6.07) is 5.41. The number of imidazole rings is 1. The molecule has 0 spiro atoms. The highest BCUT2D eigenvalue weighted by atomic mass is 19.3. The fourth-order valence-corrected chi connectivity index (χ4v) is 3.29. The highest BCUT2D eigenvalue weighted by molar-refractivity contribution is 6.03. The van der Waals surface area contributed by atoms with Crippen LogP contribution in [-0.4, -0.2) is 41.3 Å². The average molecular weight is 411 g/mol. The number of alkyl halides is 2. The summed E-state index contributed by atoms with van der Waals surface area (Å²) < 4.78 is 32.9. The van der Waals surface area contributed by atoms with Crippen LogP contribution in [0.15, 0.2) is 41.3 Å². The van der Waals surface area contributed by atoms with E-state index in [1.807, 2.05) is 6.07 Å². The lowest BCUT2D eigenvalue weighted by atomic mass is 9.81. The van der Waals surface area contributed by atoms with Gasteiger partial charge in [0.25, 0.3) is 5.91 Å². The van der Waals surface area contributed by atoms with E-state index in [1.54, 1.807) is 29.7 Å². The fourth-order valence-electron chi connectivity index (χ4n) is 3.29. The number of amides is 1. The molecule has 152 valence electrons. The molecule has 0 radical (unpaired) electrons. The van der Waals surface area contributed by atoms with Gasteiger partial charge in [0.1, 0.15) is 17.0 Å². The lowest BCUT2D eigenvalue weighted by Gasteiger charge is -2.31. The molecule has 0 atom stereocenters. The van der Waals surface area contributed by atoms with Crippen LogP contribution in [-0.2, 0) is 0 Å². The van der Waals surface area contributed by atoms with Crippen molar-refractivity contribution in [1.82, 2.24) is 29.5 Å². The Balaban J connectivity index is 1.39. The summed E-state index contributed by atoms with van der Waals surface area (Å²) in [5, 5.41) is 6.54. The van der Waals surface area contributed by atoms with Crippen LogP contribution in [0.3, 0.4) is 0 Å². The first-order valence-corrected chi connectivity index (χ1v) is 9.18. The first kappa shape index (κ1) is 18.3. The zero-order valence-electron chi connectivity index (χ0n) is 15.7. The normalized spacial score (nSPS) is 15.8. The third-order valence-electron chi connectivity index (χ3n) is 4.95. The van der Waals surface area contributed by atoms with Gasteiger partial charge in [0, 0.05) is 25.0 Å². The minimum atomic E-state index is -2.68. The van der Waals surface area contributed by atoms with E-state index in [1.165, 1.54) is 12.4 Å². The molecule has 0 bridgehead atoms. The first-order valence-electron chi connectivity index (χ1n) is 9.18. The number of aryl methyl sites for hydroxylation is 1. The van der Waals surface area contributed by atoms with Crippen molar-refractivity contribution in [2.24, 2.45) is 0 Å². The first-order chi connectivity index (χ1) is 14.4. The van der Waals surface area contributed by atoms with Crippen LogP contribution >= 0.6 is 0 Å². The molecule has 4 aromatic rings. The van der Waals surface area contributed by atoms with Gasteiger partial charge < -0.3 is 9.84 Å². The molecule has 1 saturated carbocycles. The van der Waals surface area contributed by atoms with Crippen LogP contribution in [0.25, 0.3) is 17.2 Å². The molecule has 30 heavy (non-hydrogen) atoms. The standard InChI is InChI=1S/C19H15F2N7O2/c1-10-15(25-17(29)13-9-23-14-4-2-3-5-28(13)14)24-12(8-22-10)16-26-18(30-27-16)11-6-19(20,21)7-11/h2-5,8-9,11H,6-7H2,1H3,(H,24,25,29). The van der Waals surface area contributed by atoms with Gasteiger partial charge in [-0.3, -0.25) is 14.2 Å². The Kier molecular flexibility index (Phi) is 4.05. The van der Waals surface area contributed by atoms with Gasteiger partial charge in [-0.05, 0) is 19.1 Å². The number of nitrogens with one attached hydrogen (secondary N) is 1. The Hall–Kier alpha value is -3.76. The third kappa shape index (κ3) is 3.17. The Morgan fingerprint density at radius 3 is 2.87 bits per heavy atom. The topological polar surface area (TPSA) is 111 Å². The zero-order chi connectivity index (χ0) is 20.9. The molecular weight excluding hydrogens is 396 g/mol.